The summed E-state index contributed by atoms with van der Waals surface area (Å²) in [5, 5.41) is 0. The van der Waals surface area contributed by atoms with E-state index in [4.69, 9.17) is 14.2 Å². The van der Waals surface area contributed by atoms with Crippen molar-refractivity contribution >= 4 is 17.9 Å². The zero-order valence-corrected chi connectivity index (χ0v) is 18.7. The summed E-state index contributed by atoms with van der Waals surface area (Å²) in [6, 6.07) is 7.72. The van der Waals surface area contributed by atoms with E-state index in [1.807, 2.05) is 47.1 Å². The third-order valence-electron chi connectivity index (χ3n) is 6.21. The van der Waals surface area contributed by atoms with Gasteiger partial charge >= 0.3 is 0 Å². The molecule has 31 heavy (non-hydrogen) atoms. The molecule has 1 aromatic carbocycles. The van der Waals surface area contributed by atoms with Gasteiger partial charge in [-0.2, -0.15) is 0 Å². The number of hydrogen-bond donors (Lipinski definition) is 0. The van der Waals surface area contributed by atoms with Crippen molar-refractivity contribution in [3.05, 3.63) is 35.9 Å². The van der Waals surface area contributed by atoms with Crippen molar-refractivity contribution in [3.8, 4) is 5.75 Å². The molecule has 2 aliphatic rings. The fourth-order valence-electron chi connectivity index (χ4n) is 4.32. The summed E-state index contributed by atoms with van der Waals surface area (Å²) >= 11 is 0. The van der Waals surface area contributed by atoms with Crippen molar-refractivity contribution in [2.24, 2.45) is 5.41 Å². The smallest absolute Gasteiger partial charge is 0.248 e. The van der Waals surface area contributed by atoms with E-state index < -0.39 is 0 Å². The van der Waals surface area contributed by atoms with E-state index in [0.29, 0.717) is 19.8 Å². The molecule has 2 aliphatic heterocycles. The van der Waals surface area contributed by atoms with E-state index in [2.05, 4.69) is 0 Å². The van der Waals surface area contributed by atoms with Crippen LogP contribution in [0.4, 0.5) is 0 Å². The van der Waals surface area contributed by atoms with Crippen LogP contribution in [0.1, 0.15) is 31.7 Å². The Labute approximate surface area is 184 Å². The molecule has 0 aromatic heterocycles. The molecular formula is C24H34N2O5. The fraction of sp³-hybridized carbons (Fsp3) is 0.583. The first-order valence-electron chi connectivity index (χ1n) is 11.1. The molecule has 1 spiro atoms. The van der Waals surface area contributed by atoms with Crippen molar-refractivity contribution in [1.82, 2.24) is 9.80 Å². The molecule has 7 heteroatoms. The number of rotatable bonds is 9. The van der Waals surface area contributed by atoms with Gasteiger partial charge in [-0.15, -0.1) is 0 Å². The molecule has 2 fully saturated rings. The van der Waals surface area contributed by atoms with Gasteiger partial charge in [0.25, 0.3) is 0 Å². The van der Waals surface area contributed by atoms with Crippen molar-refractivity contribution in [2.75, 3.05) is 59.7 Å². The summed E-state index contributed by atoms with van der Waals surface area (Å²) < 4.78 is 15.9. The van der Waals surface area contributed by atoms with Gasteiger partial charge < -0.3 is 24.0 Å². The van der Waals surface area contributed by atoms with E-state index in [1.54, 1.807) is 13.2 Å². The number of benzene rings is 1. The second-order valence-electron chi connectivity index (χ2n) is 8.24. The lowest BCUT2D eigenvalue weighted by atomic mass is 9.78. The van der Waals surface area contributed by atoms with Crippen LogP contribution in [0.2, 0.25) is 0 Å². The lowest BCUT2D eigenvalue weighted by Crippen LogP contribution is -2.44. The maximum absolute atomic E-state index is 12.7. The summed E-state index contributed by atoms with van der Waals surface area (Å²) in [4.78, 5) is 28.9. The number of piperidine rings is 1. The predicted octanol–water partition coefficient (Wildman–Crippen LogP) is 2.60. The van der Waals surface area contributed by atoms with Crippen LogP contribution < -0.4 is 4.74 Å². The zero-order valence-electron chi connectivity index (χ0n) is 18.7. The predicted molar refractivity (Wildman–Crippen MR) is 119 cm³/mol. The standard InChI is InChI=1S/C24H34N2O5/c1-3-31-21-7-5-4-6-20(21)8-9-22(27)25-13-10-24(11-14-25)12-15-26(19-24)23(28)18-30-17-16-29-2/h4-9H,3,10-19H2,1-2H3/b9-8+. The maximum atomic E-state index is 12.7. The summed E-state index contributed by atoms with van der Waals surface area (Å²) in [6.45, 7) is 6.55. The minimum atomic E-state index is 0.0265. The van der Waals surface area contributed by atoms with Crippen molar-refractivity contribution in [3.63, 3.8) is 0 Å². The summed E-state index contributed by atoms with van der Waals surface area (Å²) in [5.41, 5.74) is 1.04. The van der Waals surface area contributed by atoms with E-state index in [1.165, 1.54) is 0 Å². The molecule has 0 bridgehead atoms. The quantitative estimate of drug-likeness (QED) is 0.445. The first-order valence-corrected chi connectivity index (χ1v) is 11.1. The highest BCUT2D eigenvalue weighted by atomic mass is 16.5. The van der Waals surface area contributed by atoms with Crippen molar-refractivity contribution < 1.29 is 23.8 Å². The molecule has 0 saturated carbocycles. The Morgan fingerprint density at radius 3 is 2.48 bits per heavy atom. The van der Waals surface area contributed by atoms with Crippen molar-refractivity contribution in [1.29, 1.82) is 0 Å². The molecule has 3 rings (SSSR count). The molecule has 2 amide bonds. The second-order valence-corrected chi connectivity index (χ2v) is 8.24. The number of carbonyl (C=O) groups is 2. The van der Waals surface area contributed by atoms with Gasteiger partial charge in [-0.1, -0.05) is 18.2 Å². The zero-order chi connectivity index (χ0) is 22.1. The Hall–Kier alpha value is -2.38. The number of carbonyl (C=O) groups excluding carboxylic acids is 2. The third-order valence-corrected chi connectivity index (χ3v) is 6.21. The van der Waals surface area contributed by atoms with Crippen LogP contribution in [0.15, 0.2) is 30.3 Å². The Balaban J connectivity index is 1.47. The minimum Gasteiger partial charge on any atom is -0.493 e. The lowest BCUT2D eigenvalue weighted by molar-refractivity contribution is -0.136. The Morgan fingerprint density at radius 1 is 1.06 bits per heavy atom. The Morgan fingerprint density at radius 2 is 1.77 bits per heavy atom. The average Bonchev–Trinajstić information content (AvgIpc) is 3.20. The van der Waals surface area contributed by atoms with Gasteiger partial charge in [0.05, 0.1) is 19.8 Å². The van der Waals surface area contributed by atoms with Crippen LogP contribution in [0.3, 0.4) is 0 Å². The van der Waals surface area contributed by atoms with Gasteiger partial charge in [0.1, 0.15) is 12.4 Å². The van der Waals surface area contributed by atoms with E-state index >= 15 is 0 Å². The molecule has 0 aliphatic carbocycles. The SMILES string of the molecule is CCOc1ccccc1/C=C/C(=O)N1CCC2(CC1)CCN(C(=O)COCCOC)C2. The highest BCUT2D eigenvalue weighted by Crippen LogP contribution is 2.40. The number of ether oxygens (including phenoxy) is 3. The van der Waals surface area contributed by atoms with E-state index in [0.717, 1.165) is 56.8 Å². The highest BCUT2D eigenvalue weighted by molar-refractivity contribution is 5.92. The topological polar surface area (TPSA) is 68.3 Å². The minimum absolute atomic E-state index is 0.0265. The summed E-state index contributed by atoms with van der Waals surface area (Å²) in [5.74, 6) is 0.856. The van der Waals surface area contributed by atoms with Crippen LogP contribution in [0, 0.1) is 5.41 Å². The number of methoxy groups -OCH3 is 1. The lowest BCUT2D eigenvalue weighted by Gasteiger charge is -2.39. The largest absolute Gasteiger partial charge is 0.493 e. The van der Waals surface area contributed by atoms with Crippen LogP contribution in [-0.4, -0.2) is 81.3 Å². The fourth-order valence-corrected chi connectivity index (χ4v) is 4.32. The number of amides is 2. The molecule has 2 saturated heterocycles. The second kappa shape index (κ2) is 11.3. The molecule has 0 atom stereocenters. The monoisotopic (exact) mass is 430 g/mol. The van der Waals surface area contributed by atoms with Gasteiger partial charge in [-0.3, -0.25) is 9.59 Å². The van der Waals surface area contributed by atoms with Gasteiger partial charge in [-0.25, -0.2) is 0 Å². The summed E-state index contributed by atoms with van der Waals surface area (Å²) in [7, 11) is 1.61. The average molecular weight is 431 g/mol. The normalized spacial score (nSPS) is 18.1. The van der Waals surface area contributed by atoms with Crippen LogP contribution in [-0.2, 0) is 19.1 Å². The van der Waals surface area contributed by atoms with E-state index in [9.17, 15) is 9.59 Å². The first kappa shape index (κ1) is 23.3. The number of hydrogen-bond acceptors (Lipinski definition) is 5. The number of nitrogens with zero attached hydrogens (tertiary/aromatic N) is 2. The van der Waals surface area contributed by atoms with E-state index in [-0.39, 0.29) is 23.8 Å². The van der Waals surface area contributed by atoms with Gasteiger partial charge in [0, 0.05) is 44.9 Å². The van der Waals surface area contributed by atoms with Crippen molar-refractivity contribution in [2.45, 2.75) is 26.2 Å². The molecule has 0 N–H and O–H groups in total. The van der Waals surface area contributed by atoms with Crippen LogP contribution in [0.5, 0.6) is 5.75 Å². The molecular weight excluding hydrogens is 396 g/mol. The molecule has 7 nitrogen and oxygen atoms in total. The first-order chi connectivity index (χ1) is 15.1. The summed E-state index contributed by atoms with van der Waals surface area (Å²) in [6.07, 6.45) is 6.32. The van der Waals surface area contributed by atoms with Gasteiger partial charge in [-0.05, 0) is 43.7 Å². The Bertz CT molecular complexity index is 771. The highest BCUT2D eigenvalue weighted by Gasteiger charge is 2.42. The Kier molecular flexibility index (Phi) is 8.49. The molecule has 1 aromatic rings. The number of likely N-dealkylation sites (tertiary alicyclic amines) is 2. The molecule has 2 heterocycles. The van der Waals surface area contributed by atoms with Gasteiger partial charge in [0.2, 0.25) is 11.8 Å². The molecule has 170 valence electrons. The van der Waals surface area contributed by atoms with Gasteiger partial charge in [0.15, 0.2) is 0 Å². The third kappa shape index (κ3) is 6.31. The maximum Gasteiger partial charge on any atom is 0.248 e. The number of para-hydroxylation sites is 1. The molecule has 0 unspecified atom stereocenters. The van der Waals surface area contributed by atoms with Crippen LogP contribution >= 0.6 is 0 Å². The van der Waals surface area contributed by atoms with Crippen LogP contribution in [0.25, 0.3) is 6.08 Å². The molecule has 0 radical (unpaired) electrons.